The van der Waals surface area contributed by atoms with Gasteiger partial charge in [-0.3, -0.25) is 14.4 Å². The normalized spacial score (nSPS) is 9.42. The molecule has 0 saturated heterocycles. The van der Waals surface area contributed by atoms with Gasteiger partial charge in [-0.25, -0.2) is 4.79 Å². The molecule has 0 aliphatic carbocycles. The molecule has 0 radical (unpaired) electrons. The third-order valence-corrected chi connectivity index (χ3v) is 3.76. The van der Waals surface area contributed by atoms with Gasteiger partial charge in [0, 0.05) is 10.2 Å². The number of nitrogens with zero attached hydrogens (tertiary/aromatic N) is 4. The van der Waals surface area contributed by atoms with Gasteiger partial charge in [0.1, 0.15) is 0 Å². The van der Waals surface area contributed by atoms with E-state index in [1.807, 2.05) is 5.10 Å². The largest absolute Gasteiger partial charge is 1.00 e. The Balaban J connectivity index is 0.000000533. The van der Waals surface area contributed by atoms with Gasteiger partial charge in [0.25, 0.3) is 5.56 Å². The van der Waals surface area contributed by atoms with E-state index in [0.29, 0.717) is 15.6 Å². The van der Waals surface area contributed by atoms with Gasteiger partial charge < -0.3 is 31.3 Å². The van der Waals surface area contributed by atoms with Crippen molar-refractivity contribution in [3.63, 3.8) is 0 Å². The molecule has 0 amide bonds. The number of hydrogen-bond donors (Lipinski definition) is 2. The van der Waals surface area contributed by atoms with Crippen LogP contribution in [0.3, 0.4) is 0 Å². The van der Waals surface area contributed by atoms with E-state index in [1.165, 1.54) is 18.2 Å². The fourth-order valence-electron chi connectivity index (χ4n) is 2.48. The van der Waals surface area contributed by atoms with Crippen LogP contribution in [0.2, 0.25) is 0 Å². The Morgan fingerprint density at radius 2 is 1.29 bits per heavy atom. The Morgan fingerprint density at radius 1 is 0.839 bits per heavy atom. The molecule has 2 aromatic carbocycles. The van der Waals surface area contributed by atoms with Crippen LogP contribution in [0.15, 0.2) is 67.7 Å². The zero-order chi connectivity index (χ0) is 20.4. The van der Waals surface area contributed by atoms with Gasteiger partial charge in [-0.1, -0.05) is 30.3 Å². The zero-order valence-electron chi connectivity index (χ0n) is 16.4. The summed E-state index contributed by atoms with van der Waals surface area (Å²) in [6.07, 6.45) is 0. The molecule has 0 bridgehead atoms. The van der Waals surface area contributed by atoms with Crippen LogP contribution in [0.1, 0.15) is 0 Å². The molecule has 2 heterocycles. The summed E-state index contributed by atoms with van der Waals surface area (Å²) in [5.74, 6) is 5.18. The molecule has 4 N–H and O–H groups in total. The molecule has 31 heavy (non-hydrogen) atoms. The quantitative estimate of drug-likeness (QED) is 0.123. The molecule has 0 aliphatic heterocycles. The maximum Gasteiger partial charge on any atom is 1.00 e. The number of hydrogen-bond acceptors (Lipinski definition) is 8. The van der Waals surface area contributed by atoms with Crippen molar-refractivity contribution in [1.29, 1.82) is 0 Å². The molecule has 0 fully saturated rings. The maximum atomic E-state index is 11.5. The minimum atomic E-state index is -0.976. The molecule has 0 atom stereocenters. The van der Waals surface area contributed by atoms with Crippen molar-refractivity contribution < 1.29 is 69.6 Å². The number of aromatic nitrogens is 4. The van der Waals surface area contributed by atoms with Crippen LogP contribution in [0.4, 0.5) is 0 Å². The number of fused-ring (bicyclic) bond motifs is 2. The third kappa shape index (κ3) is 5.80. The van der Waals surface area contributed by atoms with Crippen LogP contribution in [0.5, 0.6) is 0 Å². The third-order valence-electron chi connectivity index (χ3n) is 3.76. The molecule has 0 unspecified atom stereocenters. The van der Waals surface area contributed by atoms with Crippen molar-refractivity contribution in [3.05, 3.63) is 100 Å². The summed E-state index contributed by atoms with van der Waals surface area (Å²) in [5, 5.41) is 15.4. The predicted molar refractivity (Wildman–Crippen MR) is 101 cm³/mol. The van der Waals surface area contributed by atoms with E-state index in [9.17, 15) is 29.3 Å². The van der Waals surface area contributed by atoms with E-state index < -0.39 is 27.3 Å². The second-order valence-corrected chi connectivity index (χ2v) is 5.44. The summed E-state index contributed by atoms with van der Waals surface area (Å²) in [5.41, 5.74) is -2.47. The van der Waals surface area contributed by atoms with E-state index in [4.69, 9.17) is 5.84 Å². The van der Waals surface area contributed by atoms with Gasteiger partial charge in [-0.05, 0) is 18.2 Å². The summed E-state index contributed by atoms with van der Waals surface area (Å²) in [6.45, 7) is 0. The van der Waals surface area contributed by atoms with Crippen molar-refractivity contribution in [2.75, 3.05) is 5.84 Å². The van der Waals surface area contributed by atoms with Crippen molar-refractivity contribution in [2.45, 2.75) is 0 Å². The van der Waals surface area contributed by atoms with Crippen LogP contribution < -0.4 is 92.3 Å². The average molecular weight is 446 g/mol. The Bertz CT molecular complexity index is 1460. The first-order chi connectivity index (χ1) is 13.3. The van der Waals surface area contributed by atoms with Gasteiger partial charge in [-0.15, -0.1) is 5.10 Å². The average Bonchev–Trinajstić information content (AvgIpc) is 2.69. The first-order valence-corrected chi connectivity index (χ1v) is 7.64. The van der Waals surface area contributed by atoms with Crippen molar-refractivity contribution in [3.8, 4) is 0 Å². The summed E-state index contributed by atoms with van der Waals surface area (Å²) in [4.78, 5) is 56.4. The number of benzene rings is 2. The Kier molecular flexibility index (Phi) is 10.8. The Hall–Kier alpha value is -2.52. The Labute approximate surface area is 215 Å². The number of rotatable bonds is 1. The molecule has 2 aromatic heterocycles. The summed E-state index contributed by atoms with van der Waals surface area (Å²) in [6, 6.07) is 12.3. The Morgan fingerprint density at radius 3 is 1.81 bits per heavy atom. The van der Waals surface area contributed by atoms with Crippen LogP contribution in [0.25, 0.3) is 21.5 Å². The molecule has 13 nitrogen and oxygen atoms in total. The second kappa shape index (κ2) is 11.8. The van der Waals surface area contributed by atoms with Crippen LogP contribution >= 0.6 is 0 Å². The van der Waals surface area contributed by atoms with Crippen molar-refractivity contribution >= 4 is 21.5 Å². The minimum Gasteiger partial charge on any atom is -0.870 e. The fraction of sp³-hybridized carbons (Fsp3) is 0. The first-order valence-electron chi connectivity index (χ1n) is 7.64. The number of nitrogens with two attached hydrogens (primary N) is 1. The van der Waals surface area contributed by atoms with Crippen molar-refractivity contribution in [1.82, 2.24) is 19.8 Å². The number of nitrogen functional groups attached to an aromatic ring is 1. The molecule has 4 aromatic rings. The number of nitro groups is 1. The van der Waals surface area contributed by atoms with Crippen LogP contribution in [-0.2, 0) is 0 Å². The van der Waals surface area contributed by atoms with Crippen LogP contribution in [0, 0.1) is 10.1 Å². The van der Waals surface area contributed by atoms with Gasteiger partial charge >= 0.3 is 70.2 Å². The molecule has 15 heteroatoms. The minimum absolute atomic E-state index is 0. The summed E-state index contributed by atoms with van der Waals surface area (Å²) in [7, 11) is 0. The van der Waals surface area contributed by atoms with E-state index in [0.717, 1.165) is 0 Å². The molecule has 4 rings (SSSR count). The van der Waals surface area contributed by atoms with Gasteiger partial charge in [-0.2, -0.15) is 0 Å². The number of nitrogens with one attached hydrogen (secondary N) is 1. The number of H-pyrrole nitrogens is 1. The molecular weight excluding hydrogens is 434 g/mol. The van der Waals surface area contributed by atoms with Crippen molar-refractivity contribution in [2.24, 2.45) is 0 Å². The maximum absolute atomic E-state index is 11.5. The standard InChI is InChI=1S/C8H5N3O4.C8H7N3O2.2Na.H2O/c12-7-5-3-1-2-4-6(5)8(13)10(9-7)11(14)15;9-11-8(13)6-4-2-1-3-5(6)7(12)10-11;;;/h1-4H,(H,9,12);1-4H,9H2,(H,10,12);;;1H2/q;;2*+1;/p-2. The monoisotopic (exact) mass is 446 g/mol. The van der Waals surface area contributed by atoms with E-state index in [2.05, 4.69) is 5.10 Å². The molecule has 0 aliphatic rings. The fourth-order valence-corrected chi connectivity index (χ4v) is 2.48. The smallest absolute Gasteiger partial charge is 0.870 e. The number of aromatic amines is 1. The topological polar surface area (TPSA) is 207 Å². The van der Waals surface area contributed by atoms with Crippen LogP contribution in [-0.4, -0.2) is 25.2 Å². The van der Waals surface area contributed by atoms with Gasteiger partial charge in [0.05, 0.1) is 21.2 Å². The predicted octanol–water partition coefficient (Wildman–Crippen LogP) is -7.41. The van der Waals surface area contributed by atoms with Gasteiger partial charge in [0.2, 0.25) is 0 Å². The SMILES string of the molecule is Nn1[n-]c(=O)c2ccccc2c1=O.O=c1[nH]n([N+](=O)[O-])c(=O)c2ccccc12.[Na+].[Na+].[OH-]. The molecule has 0 spiro atoms. The van der Waals surface area contributed by atoms with E-state index in [-0.39, 0.29) is 80.2 Å². The summed E-state index contributed by atoms with van der Waals surface area (Å²) < 4.78 is 0. The molecule has 0 saturated carbocycles. The second-order valence-electron chi connectivity index (χ2n) is 5.44. The molecular formula is C16H12N6Na2O7. The molecule has 150 valence electrons. The van der Waals surface area contributed by atoms with E-state index in [1.54, 1.807) is 30.3 Å². The van der Waals surface area contributed by atoms with Gasteiger partial charge in [0.15, 0.2) is 5.56 Å². The zero-order valence-corrected chi connectivity index (χ0v) is 20.4. The summed E-state index contributed by atoms with van der Waals surface area (Å²) >= 11 is 0. The first kappa shape index (κ1) is 28.5. The van der Waals surface area contributed by atoms with E-state index >= 15 is 0 Å².